The molecule has 0 amide bonds. The predicted octanol–water partition coefficient (Wildman–Crippen LogP) is 4.27. The van der Waals surface area contributed by atoms with E-state index < -0.39 is 5.97 Å². The third kappa shape index (κ3) is 5.17. The molecule has 0 unspecified atom stereocenters. The number of H-pyrrole nitrogens is 1. The van der Waals surface area contributed by atoms with Crippen LogP contribution in [0.1, 0.15) is 34.0 Å². The summed E-state index contributed by atoms with van der Waals surface area (Å²) in [7, 11) is 0. The molecule has 0 aliphatic rings. The van der Waals surface area contributed by atoms with Gasteiger partial charge in [-0.15, -0.1) is 0 Å². The van der Waals surface area contributed by atoms with E-state index in [4.69, 9.17) is 15.5 Å². The minimum atomic E-state index is -0.405. The van der Waals surface area contributed by atoms with Crippen LogP contribution in [-0.2, 0) is 11.3 Å². The summed E-state index contributed by atoms with van der Waals surface area (Å²) in [6.07, 6.45) is 0. The number of rotatable bonds is 9. The number of benzene rings is 3. The van der Waals surface area contributed by atoms with Gasteiger partial charge in [-0.2, -0.15) is 0 Å². The van der Waals surface area contributed by atoms with Gasteiger partial charge in [-0.3, -0.25) is 0 Å². The average Bonchev–Trinajstić information content (AvgIpc) is 3.19. The third-order valence-electron chi connectivity index (χ3n) is 5.40. The SMILES string of the molecule is CCOC(=O)c1ccc2c(C(=Nc3ccc(CNCCN)cc3)c3ccccc3)c(O)[nH]c2c1. The number of hydrogen-bond donors (Lipinski definition) is 4. The second-order valence-electron chi connectivity index (χ2n) is 7.79. The Morgan fingerprint density at radius 3 is 2.53 bits per heavy atom. The number of carbonyl (C=O) groups excluding carboxylic acids is 1. The van der Waals surface area contributed by atoms with Crippen molar-refractivity contribution in [2.45, 2.75) is 13.5 Å². The van der Waals surface area contributed by atoms with E-state index in [2.05, 4.69) is 10.3 Å². The van der Waals surface area contributed by atoms with Crippen molar-refractivity contribution in [3.8, 4) is 5.88 Å². The van der Waals surface area contributed by atoms with Crippen molar-refractivity contribution in [1.82, 2.24) is 10.3 Å². The molecule has 34 heavy (non-hydrogen) atoms. The zero-order chi connectivity index (χ0) is 23.9. The summed E-state index contributed by atoms with van der Waals surface area (Å²) < 4.78 is 5.10. The topological polar surface area (TPSA) is 113 Å². The van der Waals surface area contributed by atoms with Gasteiger partial charge in [0, 0.05) is 36.1 Å². The summed E-state index contributed by atoms with van der Waals surface area (Å²) in [5.41, 5.74) is 10.5. The Bertz CT molecular complexity index is 1290. The van der Waals surface area contributed by atoms with Crippen molar-refractivity contribution in [2.75, 3.05) is 19.7 Å². The summed E-state index contributed by atoms with van der Waals surface area (Å²) in [5.74, 6) is -0.417. The normalized spacial score (nSPS) is 11.6. The molecule has 0 saturated heterocycles. The molecule has 5 N–H and O–H groups in total. The van der Waals surface area contributed by atoms with Gasteiger partial charge in [-0.1, -0.05) is 48.5 Å². The number of aromatic hydroxyl groups is 1. The molecule has 1 heterocycles. The van der Waals surface area contributed by atoms with Crippen LogP contribution in [0.5, 0.6) is 5.88 Å². The van der Waals surface area contributed by atoms with Crippen LogP contribution in [0.4, 0.5) is 5.69 Å². The molecule has 1 aromatic heterocycles. The van der Waals surface area contributed by atoms with Crippen molar-refractivity contribution in [3.05, 3.63) is 95.1 Å². The molecule has 0 radical (unpaired) electrons. The Balaban J connectivity index is 1.76. The lowest BCUT2D eigenvalue weighted by atomic mass is 10.00. The summed E-state index contributed by atoms with van der Waals surface area (Å²) in [4.78, 5) is 20.1. The molecule has 0 saturated carbocycles. The minimum absolute atomic E-state index is 0.0128. The average molecular weight is 457 g/mol. The van der Waals surface area contributed by atoms with Crippen LogP contribution < -0.4 is 11.1 Å². The van der Waals surface area contributed by atoms with Gasteiger partial charge < -0.3 is 25.9 Å². The van der Waals surface area contributed by atoms with E-state index in [1.54, 1.807) is 25.1 Å². The molecule has 0 atom stereocenters. The lowest BCUT2D eigenvalue weighted by molar-refractivity contribution is 0.0526. The Morgan fingerprint density at radius 2 is 1.82 bits per heavy atom. The van der Waals surface area contributed by atoms with E-state index in [0.29, 0.717) is 35.5 Å². The Kier molecular flexibility index (Phi) is 7.37. The van der Waals surface area contributed by atoms with Gasteiger partial charge in [0.25, 0.3) is 0 Å². The van der Waals surface area contributed by atoms with Crippen LogP contribution in [0.15, 0.2) is 77.8 Å². The fourth-order valence-corrected chi connectivity index (χ4v) is 3.78. The molecular weight excluding hydrogens is 428 g/mol. The molecule has 4 aromatic rings. The number of nitrogens with two attached hydrogens (primary N) is 1. The highest BCUT2D eigenvalue weighted by Crippen LogP contribution is 2.32. The second kappa shape index (κ2) is 10.8. The number of aromatic amines is 1. The summed E-state index contributed by atoms with van der Waals surface area (Å²) in [6.45, 7) is 4.15. The van der Waals surface area contributed by atoms with E-state index in [1.165, 1.54) is 0 Å². The minimum Gasteiger partial charge on any atom is -0.494 e. The Hall–Kier alpha value is -3.94. The van der Waals surface area contributed by atoms with Crippen molar-refractivity contribution in [2.24, 2.45) is 10.7 Å². The molecule has 3 aromatic carbocycles. The van der Waals surface area contributed by atoms with E-state index >= 15 is 0 Å². The molecule has 0 spiro atoms. The number of aromatic nitrogens is 1. The number of esters is 1. The first-order valence-corrected chi connectivity index (χ1v) is 11.3. The standard InChI is InChI=1S/C27H28N4O3/c1-2-34-27(33)20-10-13-22-23(16-20)31-26(32)24(22)25(19-6-4-3-5-7-19)30-21-11-8-18(9-12-21)17-29-15-14-28/h3-13,16,29,31-32H,2,14-15,17,28H2,1H3. The van der Waals surface area contributed by atoms with E-state index in [-0.39, 0.29) is 5.88 Å². The molecule has 0 bridgehead atoms. The quantitative estimate of drug-likeness (QED) is 0.171. The first kappa shape index (κ1) is 23.2. The monoisotopic (exact) mass is 456 g/mol. The number of ether oxygens (including phenoxy) is 1. The van der Waals surface area contributed by atoms with E-state index in [1.807, 2.05) is 54.6 Å². The van der Waals surface area contributed by atoms with Crippen molar-refractivity contribution in [3.63, 3.8) is 0 Å². The molecule has 0 aliphatic carbocycles. The van der Waals surface area contributed by atoms with Gasteiger partial charge in [0.1, 0.15) is 0 Å². The fraction of sp³-hybridized carbons (Fsp3) is 0.185. The first-order valence-electron chi connectivity index (χ1n) is 11.3. The molecule has 7 heteroatoms. The summed E-state index contributed by atoms with van der Waals surface area (Å²) in [6, 6.07) is 22.8. The van der Waals surface area contributed by atoms with Crippen LogP contribution in [0.3, 0.4) is 0 Å². The summed E-state index contributed by atoms with van der Waals surface area (Å²) >= 11 is 0. The number of aliphatic imine (C=N–C) groups is 1. The predicted molar refractivity (Wildman–Crippen MR) is 135 cm³/mol. The summed E-state index contributed by atoms with van der Waals surface area (Å²) in [5, 5.41) is 14.9. The van der Waals surface area contributed by atoms with Gasteiger partial charge in [0.15, 0.2) is 5.88 Å². The number of hydrogen-bond acceptors (Lipinski definition) is 6. The zero-order valence-electron chi connectivity index (χ0n) is 19.0. The third-order valence-corrected chi connectivity index (χ3v) is 5.40. The van der Waals surface area contributed by atoms with Gasteiger partial charge in [-0.05, 0) is 36.8 Å². The number of nitrogens with zero attached hydrogens (tertiary/aromatic N) is 1. The van der Waals surface area contributed by atoms with Gasteiger partial charge >= 0.3 is 5.97 Å². The largest absolute Gasteiger partial charge is 0.494 e. The molecule has 0 aliphatic heterocycles. The lowest BCUT2D eigenvalue weighted by Crippen LogP contribution is -2.21. The number of carbonyl (C=O) groups is 1. The highest BCUT2D eigenvalue weighted by atomic mass is 16.5. The zero-order valence-corrected chi connectivity index (χ0v) is 19.0. The number of fused-ring (bicyclic) bond motifs is 1. The maximum Gasteiger partial charge on any atom is 0.338 e. The van der Waals surface area contributed by atoms with Gasteiger partial charge in [0.05, 0.1) is 29.1 Å². The lowest BCUT2D eigenvalue weighted by Gasteiger charge is -2.09. The van der Waals surface area contributed by atoms with Crippen molar-refractivity contribution < 1.29 is 14.6 Å². The maximum absolute atomic E-state index is 12.2. The molecule has 4 rings (SSSR count). The van der Waals surface area contributed by atoms with E-state index in [9.17, 15) is 9.90 Å². The highest BCUT2D eigenvalue weighted by Gasteiger charge is 2.20. The molecular formula is C27H28N4O3. The van der Waals surface area contributed by atoms with Crippen molar-refractivity contribution in [1.29, 1.82) is 0 Å². The van der Waals surface area contributed by atoms with Gasteiger partial charge in [0.2, 0.25) is 0 Å². The molecule has 174 valence electrons. The van der Waals surface area contributed by atoms with Crippen LogP contribution in [0.2, 0.25) is 0 Å². The van der Waals surface area contributed by atoms with Gasteiger partial charge in [-0.25, -0.2) is 9.79 Å². The van der Waals surface area contributed by atoms with Crippen LogP contribution >= 0.6 is 0 Å². The first-order chi connectivity index (χ1) is 16.6. The molecule has 0 fully saturated rings. The van der Waals surface area contributed by atoms with E-state index in [0.717, 1.165) is 35.3 Å². The maximum atomic E-state index is 12.2. The van der Waals surface area contributed by atoms with Crippen molar-refractivity contribution >= 4 is 28.3 Å². The highest BCUT2D eigenvalue weighted by molar-refractivity contribution is 6.22. The van der Waals surface area contributed by atoms with Crippen LogP contribution in [0, 0.1) is 0 Å². The second-order valence-corrected chi connectivity index (χ2v) is 7.79. The van der Waals surface area contributed by atoms with Crippen LogP contribution in [-0.4, -0.2) is 41.5 Å². The Morgan fingerprint density at radius 1 is 1.06 bits per heavy atom. The fourth-order valence-electron chi connectivity index (χ4n) is 3.78. The van der Waals surface area contributed by atoms with Crippen LogP contribution in [0.25, 0.3) is 10.9 Å². The Labute approximate surface area is 198 Å². The molecule has 7 nitrogen and oxygen atoms in total. The number of nitrogens with one attached hydrogen (secondary N) is 2. The smallest absolute Gasteiger partial charge is 0.338 e.